The summed E-state index contributed by atoms with van der Waals surface area (Å²) in [6, 6.07) is 11.5. The number of fused-ring (bicyclic) bond motifs is 1. The van der Waals surface area contributed by atoms with E-state index in [1.165, 1.54) is 12.1 Å². The summed E-state index contributed by atoms with van der Waals surface area (Å²) in [7, 11) is 0. The Labute approximate surface area is 184 Å². The lowest BCUT2D eigenvalue weighted by atomic mass is 9.97. The van der Waals surface area contributed by atoms with Crippen molar-refractivity contribution in [3.63, 3.8) is 0 Å². The minimum Gasteiger partial charge on any atom is -0.486 e. The van der Waals surface area contributed by atoms with Crippen LogP contribution < -0.4 is 14.8 Å². The quantitative estimate of drug-likeness (QED) is 0.652. The zero-order valence-corrected chi connectivity index (χ0v) is 17.4. The van der Waals surface area contributed by atoms with Crippen molar-refractivity contribution in [3.8, 4) is 22.9 Å². The summed E-state index contributed by atoms with van der Waals surface area (Å²) in [5.74, 6) is 2.00. The summed E-state index contributed by atoms with van der Waals surface area (Å²) < 4.78 is 29.9. The van der Waals surface area contributed by atoms with Crippen molar-refractivity contribution < 1.29 is 23.2 Å². The van der Waals surface area contributed by atoms with Gasteiger partial charge >= 0.3 is 0 Å². The van der Waals surface area contributed by atoms with Crippen LogP contribution in [0.1, 0.15) is 24.7 Å². The lowest BCUT2D eigenvalue weighted by Crippen LogP contribution is -2.38. The van der Waals surface area contributed by atoms with E-state index in [-0.39, 0.29) is 17.6 Å². The van der Waals surface area contributed by atoms with E-state index >= 15 is 0 Å². The fourth-order valence-corrected chi connectivity index (χ4v) is 4.01. The molecule has 8 nitrogen and oxygen atoms in total. The molecule has 32 heavy (non-hydrogen) atoms. The monoisotopic (exact) mass is 438 g/mol. The topological polar surface area (TPSA) is 89.7 Å². The number of likely N-dealkylation sites (tertiary alicyclic amines) is 1. The van der Waals surface area contributed by atoms with E-state index in [0.29, 0.717) is 54.2 Å². The van der Waals surface area contributed by atoms with Crippen molar-refractivity contribution in [2.24, 2.45) is 0 Å². The zero-order valence-electron chi connectivity index (χ0n) is 17.4. The molecule has 3 aromatic rings. The molecule has 9 heteroatoms. The van der Waals surface area contributed by atoms with E-state index in [9.17, 15) is 9.18 Å². The van der Waals surface area contributed by atoms with Crippen LogP contribution in [-0.2, 0) is 4.79 Å². The van der Waals surface area contributed by atoms with Crippen LogP contribution in [0, 0.1) is 5.82 Å². The second-order valence-electron chi connectivity index (χ2n) is 7.92. The number of carbonyl (C=O) groups excluding carboxylic acids is 1. The number of nitrogens with one attached hydrogen (secondary N) is 1. The number of hydrogen-bond acceptors (Lipinski definition) is 7. The van der Waals surface area contributed by atoms with Crippen LogP contribution in [0.2, 0.25) is 0 Å². The third-order valence-electron chi connectivity index (χ3n) is 5.65. The van der Waals surface area contributed by atoms with E-state index in [1.54, 1.807) is 24.3 Å². The molecule has 0 radical (unpaired) electrons. The molecule has 5 rings (SSSR count). The lowest BCUT2D eigenvalue weighted by Gasteiger charge is -2.29. The van der Waals surface area contributed by atoms with Gasteiger partial charge in [-0.05, 0) is 50.2 Å². The van der Waals surface area contributed by atoms with Gasteiger partial charge in [-0.2, -0.15) is 4.98 Å². The van der Waals surface area contributed by atoms with Gasteiger partial charge in [-0.1, -0.05) is 17.3 Å². The molecule has 0 aliphatic carbocycles. The molecule has 1 aromatic heterocycles. The minimum absolute atomic E-state index is 0.0775. The first-order valence-corrected chi connectivity index (χ1v) is 10.7. The molecule has 0 saturated carbocycles. The Bertz CT molecular complexity index is 1110. The Kier molecular flexibility index (Phi) is 5.72. The van der Waals surface area contributed by atoms with Gasteiger partial charge in [0.1, 0.15) is 19.0 Å². The predicted octanol–water partition coefficient (Wildman–Crippen LogP) is 3.47. The van der Waals surface area contributed by atoms with Crippen LogP contribution in [-0.4, -0.2) is 53.8 Å². The van der Waals surface area contributed by atoms with Gasteiger partial charge in [-0.3, -0.25) is 9.69 Å². The smallest absolute Gasteiger partial charge is 0.238 e. The third-order valence-corrected chi connectivity index (χ3v) is 5.65. The second-order valence-corrected chi connectivity index (χ2v) is 7.92. The number of ether oxygens (including phenoxy) is 2. The van der Waals surface area contributed by atoms with Crippen molar-refractivity contribution in [2.45, 2.75) is 18.8 Å². The molecule has 0 spiro atoms. The predicted molar refractivity (Wildman–Crippen MR) is 114 cm³/mol. The Morgan fingerprint density at radius 2 is 1.91 bits per heavy atom. The summed E-state index contributed by atoms with van der Waals surface area (Å²) in [4.78, 5) is 19.1. The average Bonchev–Trinajstić information content (AvgIpc) is 3.30. The molecule has 0 atom stereocenters. The highest BCUT2D eigenvalue weighted by Gasteiger charge is 2.26. The molecule has 2 aliphatic heterocycles. The van der Waals surface area contributed by atoms with Crippen molar-refractivity contribution in [3.05, 3.63) is 54.2 Å². The van der Waals surface area contributed by atoms with E-state index in [4.69, 9.17) is 14.0 Å². The second kappa shape index (κ2) is 8.96. The first-order valence-electron chi connectivity index (χ1n) is 10.7. The highest BCUT2D eigenvalue weighted by Crippen LogP contribution is 2.33. The fraction of sp³-hybridized carbons (Fsp3) is 0.348. The summed E-state index contributed by atoms with van der Waals surface area (Å²) in [6.45, 7) is 2.83. The standard InChI is InChI=1S/C23H23FN4O4/c24-17-3-1-2-16(12-17)22-26-23(32-27-22)15-6-8-28(9-7-15)14-21(29)25-18-4-5-19-20(13-18)31-11-10-30-19/h1-5,12-13,15H,6-11,14H2,(H,25,29). The fourth-order valence-electron chi connectivity index (χ4n) is 4.01. The number of amides is 1. The molecule has 1 N–H and O–H groups in total. The van der Waals surface area contributed by atoms with Crippen LogP contribution in [0.25, 0.3) is 11.4 Å². The highest BCUT2D eigenvalue weighted by molar-refractivity contribution is 5.92. The number of hydrogen-bond donors (Lipinski definition) is 1. The highest BCUT2D eigenvalue weighted by atomic mass is 19.1. The first kappa shape index (κ1) is 20.4. The van der Waals surface area contributed by atoms with Gasteiger partial charge in [0.2, 0.25) is 17.6 Å². The van der Waals surface area contributed by atoms with Crippen molar-refractivity contribution in [1.29, 1.82) is 0 Å². The Morgan fingerprint density at radius 1 is 1.09 bits per heavy atom. The summed E-state index contributed by atoms with van der Waals surface area (Å²) in [5, 5.41) is 6.92. The van der Waals surface area contributed by atoms with Gasteiger partial charge < -0.3 is 19.3 Å². The van der Waals surface area contributed by atoms with Crippen LogP contribution in [0.15, 0.2) is 47.0 Å². The molecule has 0 bridgehead atoms. The molecule has 0 unspecified atom stereocenters. The number of carbonyl (C=O) groups is 1. The molecule has 166 valence electrons. The van der Waals surface area contributed by atoms with Crippen molar-refractivity contribution >= 4 is 11.6 Å². The van der Waals surface area contributed by atoms with Crippen LogP contribution in [0.5, 0.6) is 11.5 Å². The number of rotatable bonds is 5. The van der Waals surface area contributed by atoms with Crippen LogP contribution in [0.4, 0.5) is 10.1 Å². The molecule has 1 amide bonds. The molecule has 2 aromatic carbocycles. The SMILES string of the molecule is O=C(CN1CCC(c2nc(-c3cccc(F)c3)no2)CC1)Nc1ccc2c(c1)OCCO2. The van der Waals surface area contributed by atoms with Gasteiger partial charge in [-0.25, -0.2) is 4.39 Å². The van der Waals surface area contributed by atoms with Crippen LogP contribution >= 0.6 is 0 Å². The maximum Gasteiger partial charge on any atom is 0.238 e. The van der Waals surface area contributed by atoms with Crippen LogP contribution in [0.3, 0.4) is 0 Å². The molecule has 3 heterocycles. The van der Waals surface area contributed by atoms with Gasteiger partial charge in [0.05, 0.1) is 6.54 Å². The Balaban J connectivity index is 1.13. The summed E-state index contributed by atoms with van der Waals surface area (Å²) >= 11 is 0. The van der Waals surface area contributed by atoms with E-state index in [2.05, 4.69) is 20.4 Å². The third kappa shape index (κ3) is 4.57. The maximum atomic E-state index is 13.4. The summed E-state index contributed by atoms with van der Waals surface area (Å²) in [5.41, 5.74) is 1.28. The van der Waals surface area contributed by atoms with Gasteiger partial charge in [-0.15, -0.1) is 0 Å². The van der Waals surface area contributed by atoms with E-state index in [0.717, 1.165) is 25.9 Å². The lowest BCUT2D eigenvalue weighted by molar-refractivity contribution is -0.117. The van der Waals surface area contributed by atoms with Crippen molar-refractivity contribution in [2.75, 3.05) is 38.2 Å². The number of benzene rings is 2. The first-order chi connectivity index (χ1) is 15.6. The molecular weight excluding hydrogens is 415 g/mol. The number of aromatic nitrogens is 2. The number of piperidine rings is 1. The Morgan fingerprint density at radius 3 is 2.72 bits per heavy atom. The van der Waals surface area contributed by atoms with E-state index in [1.807, 2.05) is 6.07 Å². The van der Waals surface area contributed by atoms with E-state index < -0.39 is 0 Å². The summed E-state index contributed by atoms with van der Waals surface area (Å²) in [6.07, 6.45) is 1.62. The maximum absolute atomic E-state index is 13.4. The number of anilines is 1. The van der Waals surface area contributed by atoms with Gasteiger partial charge in [0.25, 0.3) is 0 Å². The van der Waals surface area contributed by atoms with Crippen molar-refractivity contribution in [1.82, 2.24) is 15.0 Å². The molecular formula is C23H23FN4O4. The molecule has 1 saturated heterocycles. The number of nitrogens with zero attached hydrogens (tertiary/aromatic N) is 3. The largest absolute Gasteiger partial charge is 0.486 e. The number of halogens is 1. The molecule has 1 fully saturated rings. The zero-order chi connectivity index (χ0) is 21.9. The Hall–Kier alpha value is -3.46. The van der Waals surface area contributed by atoms with Gasteiger partial charge in [0, 0.05) is 23.2 Å². The normalized spacial score (nSPS) is 16.7. The minimum atomic E-state index is -0.336. The average molecular weight is 438 g/mol. The van der Waals surface area contributed by atoms with Gasteiger partial charge in [0.15, 0.2) is 11.5 Å². The molecule has 2 aliphatic rings.